The summed E-state index contributed by atoms with van der Waals surface area (Å²) in [6, 6.07) is 17.2. The first kappa shape index (κ1) is 17.9. The lowest BCUT2D eigenvalue weighted by Gasteiger charge is -2.19. The summed E-state index contributed by atoms with van der Waals surface area (Å²) in [6.45, 7) is 4.10. The van der Waals surface area contributed by atoms with Crippen LogP contribution in [0, 0.1) is 0 Å². The number of hydrogen-bond donors (Lipinski definition) is 1. The van der Waals surface area contributed by atoms with E-state index in [0.717, 1.165) is 22.3 Å². The quantitative estimate of drug-likeness (QED) is 0.577. The van der Waals surface area contributed by atoms with Crippen LogP contribution in [-0.2, 0) is 0 Å². The third-order valence-corrected chi connectivity index (χ3v) is 4.58. The van der Waals surface area contributed by atoms with Crippen LogP contribution < -0.4 is 5.32 Å². The lowest BCUT2D eigenvalue weighted by atomic mass is 10.0. The van der Waals surface area contributed by atoms with Crippen LogP contribution in [0.1, 0.15) is 47.5 Å². The maximum atomic E-state index is 13.0. The number of amides is 1. The molecule has 6 nitrogen and oxygen atoms in total. The van der Waals surface area contributed by atoms with Crippen molar-refractivity contribution < 1.29 is 4.79 Å². The fourth-order valence-corrected chi connectivity index (χ4v) is 3.18. The Morgan fingerprint density at radius 1 is 1.00 bits per heavy atom. The van der Waals surface area contributed by atoms with Crippen molar-refractivity contribution in [3.05, 3.63) is 90.0 Å². The molecule has 6 heteroatoms. The van der Waals surface area contributed by atoms with Crippen LogP contribution in [-0.4, -0.2) is 25.7 Å². The summed E-state index contributed by atoms with van der Waals surface area (Å²) in [4.78, 5) is 21.9. The molecule has 3 aromatic heterocycles. The van der Waals surface area contributed by atoms with Gasteiger partial charge in [0.05, 0.1) is 23.5 Å². The van der Waals surface area contributed by atoms with Gasteiger partial charge in [-0.05, 0) is 37.6 Å². The van der Waals surface area contributed by atoms with Gasteiger partial charge in [0, 0.05) is 23.8 Å². The van der Waals surface area contributed by atoms with Crippen molar-refractivity contribution in [3.63, 3.8) is 0 Å². The average Bonchev–Trinajstić information content (AvgIpc) is 3.16. The zero-order valence-electron chi connectivity index (χ0n) is 15.8. The van der Waals surface area contributed by atoms with Crippen molar-refractivity contribution in [1.82, 2.24) is 25.1 Å². The number of fused-ring (bicyclic) bond motifs is 1. The molecule has 4 rings (SSSR count). The molecule has 28 heavy (non-hydrogen) atoms. The van der Waals surface area contributed by atoms with Crippen molar-refractivity contribution in [2.75, 3.05) is 0 Å². The summed E-state index contributed by atoms with van der Waals surface area (Å²) in [6.07, 6.45) is 5.07. The number of pyridine rings is 2. The first-order valence-electron chi connectivity index (χ1n) is 9.23. The van der Waals surface area contributed by atoms with Gasteiger partial charge in [-0.15, -0.1) is 0 Å². The lowest BCUT2D eigenvalue weighted by Crippen LogP contribution is -2.30. The molecule has 0 bridgehead atoms. The number of nitrogens with one attached hydrogen (secondary N) is 1. The molecule has 3 heterocycles. The van der Waals surface area contributed by atoms with E-state index in [1.54, 1.807) is 18.6 Å². The van der Waals surface area contributed by atoms with Gasteiger partial charge in [0.2, 0.25) is 0 Å². The van der Waals surface area contributed by atoms with E-state index in [1.165, 1.54) is 0 Å². The lowest BCUT2D eigenvalue weighted by molar-refractivity contribution is 0.0942. The monoisotopic (exact) mass is 371 g/mol. The van der Waals surface area contributed by atoms with E-state index in [0.29, 0.717) is 5.56 Å². The molecule has 0 aliphatic carbocycles. The number of carbonyl (C=O) groups excluding carboxylic acids is 1. The van der Waals surface area contributed by atoms with Gasteiger partial charge in [-0.25, -0.2) is 9.67 Å². The second kappa shape index (κ2) is 7.60. The van der Waals surface area contributed by atoms with Gasteiger partial charge in [0.15, 0.2) is 5.65 Å². The van der Waals surface area contributed by atoms with Crippen LogP contribution in [0.3, 0.4) is 0 Å². The van der Waals surface area contributed by atoms with Crippen LogP contribution >= 0.6 is 0 Å². The number of hydrogen-bond acceptors (Lipinski definition) is 4. The Labute approximate surface area is 163 Å². The Kier molecular flexibility index (Phi) is 4.85. The molecule has 1 aromatic carbocycles. The highest BCUT2D eigenvalue weighted by atomic mass is 16.1. The molecular weight excluding hydrogens is 350 g/mol. The van der Waals surface area contributed by atoms with Gasteiger partial charge < -0.3 is 5.32 Å². The van der Waals surface area contributed by atoms with Crippen molar-refractivity contribution in [2.45, 2.75) is 25.9 Å². The zero-order valence-corrected chi connectivity index (χ0v) is 15.8. The van der Waals surface area contributed by atoms with Crippen LogP contribution in [0.4, 0.5) is 0 Å². The molecule has 140 valence electrons. The number of aromatic nitrogens is 4. The maximum absolute atomic E-state index is 13.0. The zero-order chi connectivity index (χ0) is 19.5. The maximum Gasteiger partial charge on any atom is 0.253 e. The van der Waals surface area contributed by atoms with Crippen molar-refractivity contribution in [3.8, 4) is 0 Å². The van der Waals surface area contributed by atoms with E-state index < -0.39 is 0 Å². The van der Waals surface area contributed by atoms with Crippen LogP contribution in [0.25, 0.3) is 11.0 Å². The topological polar surface area (TPSA) is 72.7 Å². The molecule has 1 N–H and O–H groups in total. The van der Waals surface area contributed by atoms with Gasteiger partial charge >= 0.3 is 0 Å². The Morgan fingerprint density at radius 3 is 2.50 bits per heavy atom. The van der Waals surface area contributed by atoms with Crippen LogP contribution in [0.2, 0.25) is 0 Å². The van der Waals surface area contributed by atoms with Gasteiger partial charge in [0.1, 0.15) is 0 Å². The Bertz CT molecular complexity index is 1050. The normalized spacial score (nSPS) is 12.2. The van der Waals surface area contributed by atoms with E-state index in [4.69, 9.17) is 0 Å². The third kappa shape index (κ3) is 3.49. The van der Waals surface area contributed by atoms with Crippen molar-refractivity contribution >= 4 is 16.9 Å². The predicted molar refractivity (Wildman–Crippen MR) is 108 cm³/mol. The van der Waals surface area contributed by atoms with Crippen LogP contribution in [0.5, 0.6) is 0 Å². The van der Waals surface area contributed by atoms with Gasteiger partial charge in [-0.1, -0.05) is 36.4 Å². The number of rotatable bonds is 5. The number of carbonyl (C=O) groups is 1. The standard InChI is InChI=1S/C22H21N5O/c1-15(2)27-21-17(14-25-27)12-18(13-24-21)22(28)26-20(16-8-4-3-5-9-16)19-10-6-7-11-23-19/h3-15,20H,1-2H3,(H,26,28)/t20-/m0/s1. The molecule has 0 unspecified atom stereocenters. The molecule has 0 spiro atoms. The number of nitrogens with zero attached hydrogens (tertiary/aromatic N) is 4. The molecular formula is C22H21N5O. The Morgan fingerprint density at radius 2 is 1.79 bits per heavy atom. The van der Waals surface area contributed by atoms with Crippen LogP contribution in [0.15, 0.2) is 73.2 Å². The summed E-state index contributed by atoms with van der Waals surface area (Å²) in [7, 11) is 0. The van der Waals surface area contributed by atoms with E-state index >= 15 is 0 Å². The molecule has 4 aromatic rings. The summed E-state index contributed by atoms with van der Waals surface area (Å²) < 4.78 is 1.84. The number of benzene rings is 1. The highest BCUT2D eigenvalue weighted by Crippen LogP contribution is 2.22. The van der Waals surface area contributed by atoms with Gasteiger partial charge in [-0.2, -0.15) is 5.10 Å². The second-order valence-corrected chi connectivity index (χ2v) is 6.89. The molecule has 1 amide bonds. The SMILES string of the molecule is CC(C)n1ncc2cc(C(=O)N[C@@H](c3ccccc3)c3ccccn3)cnc21. The average molecular weight is 371 g/mol. The summed E-state index contributed by atoms with van der Waals surface area (Å²) in [5, 5.41) is 8.30. The predicted octanol–water partition coefficient (Wildman–Crippen LogP) is 3.93. The van der Waals surface area contributed by atoms with E-state index in [-0.39, 0.29) is 18.0 Å². The van der Waals surface area contributed by atoms with E-state index in [1.807, 2.05) is 73.1 Å². The molecule has 0 aliphatic heterocycles. The second-order valence-electron chi connectivity index (χ2n) is 6.89. The molecule has 0 aliphatic rings. The minimum absolute atomic E-state index is 0.203. The first-order valence-corrected chi connectivity index (χ1v) is 9.23. The molecule has 0 radical (unpaired) electrons. The highest BCUT2D eigenvalue weighted by molar-refractivity contribution is 5.97. The molecule has 0 saturated heterocycles. The third-order valence-electron chi connectivity index (χ3n) is 4.58. The highest BCUT2D eigenvalue weighted by Gasteiger charge is 2.19. The Balaban J connectivity index is 1.65. The summed E-state index contributed by atoms with van der Waals surface area (Å²) in [5.41, 5.74) is 3.02. The summed E-state index contributed by atoms with van der Waals surface area (Å²) in [5.74, 6) is -0.203. The van der Waals surface area contributed by atoms with Crippen molar-refractivity contribution in [2.24, 2.45) is 0 Å². The molecule has 0 saturated carbocycles. The molecule has 0 fully saturated rings. The van der Waals surface area contributed by atoms with Gasteiger partial charge in [-0.3, -0.25) is 9.78 Å². The summed E-state index contributed by atoms with van der Waals surface area (Å²) >= 11 is 0. The van der Waals surface area contributed by atoms with Gasteiger partial charge in [0.25, 0.3) is 5.91 Å². The van der Waals surface area contributed by atoms with Crippen molar-refractivity contribution in [1.29, 1.82) is 0 Å². The molecule has 1 atom stereocenters. The minimum atomic E-state index is -0.344. The fourth-order valence-electron chi connectivity index (χ4n) is 3.18. The van der Waals surface area contributed by atoms with E-state index in [2.05, 4.69) is 20.4 Å². The fraction of sp³-hybridized carbons (Fsp3) is 0.182. The van der Waals surface area contributed by atoms with E-state index in [9.17, 15) is 4.79 Å². The minimum Gasteiger partial charge on any atom is -0.339 e. The Hall–Kier alpha value is -3.54. The largest absolute Gasteiger partial charge is 0.339 e. The first-order chi connectivity index (χ1) is 13.6. The smallest absolute Gasteiger partial charge is 0.253 e.